The van der Waals surface area contributed by atoms with E-state index in [1.165, 1.54) is 5.56 Å². The third-order valence-corrected chi connectivity index (χ3v) is 4.13. The molecule has 0 saturated heterocycles. The molecule has 1 aliphatic rings. The van der Waals surface area contributed by atoms with Gasteiger partial charge >= 0.3 is 0 Å². The molecule has 3 nitrogen and oxygen atoms in total. The number of pyridine rings is 1. The molecule has 112 valence electrons. The van der Waals surface area contributed by atoms with Gasteiger partial charge in [0.25, 0.3) is 0 Å². The Morgan fingerprint density at radius 2 is 1.43 bits per heavy atom. The lowest BCUT2D eigenvalue weighted by atomic mass is 9.99. The minimum absolute atomic E-state index is 0.224. The molecule has 0 unspecified atom stereocenters. The van der Waals surface area contributed by atoms with Gasteiger partial charge in [-0.2, -0.15) is 5.10 Å². The monoisotopic (exact) mass is 299 g/mol. The Hall–Kier alpha value is -2.94. The van der Waals surface area contributed by atoms with Crippen LogP contribution in [0.4, 0.5) is 5.69 Å². The predicted molar refractivity (Wildman–Crippen MR) is 93.5 cm³/mol. The van der Waals surface area contributed by atoms with Crippen molar-refractivity contribution in [2.45, 2.75) is 12.5 Å². The highest BCUT2D eigenvalue weighted by atomic mass is 15.5. The van der Waals surface area contributed by atoms with E-state index in [4.69, 9.17) is 5.10 Å². The average molecular weight is 299 g/mol. The zero-order valence-corrected chi connectivity index (χ0v) is 12.7. The van der Waals surface area contributed by atoms with Crippen LogP contribution in [0.3, 0.4) is 0 Å². The van der Waals surface area contributed by atoms with E-state index in [1.807, 2.05) is 30.6 Å². The highest BCUT2D eigenvalue weighted by molar-refractivity contribution is 6.03. The molecular weight excluding hydrogens is 282 g/mol. The summed E-state index contributed by atoms with van der Waals surface area (Å²) in [4.78, 5) is 4.10. The molecular formula is C20H17N3. The van der Waals surface area contributed by atoms with Crippen molar-refractivity contribution in [1.29, 1.82) is 0 Å². The van der Waals surface area contributed by atoms with Crippen LogP contribution < -0.4 is 5.01 Å². The van der Waals surface area contributed by atoms with Crippen molar-refractivity contribution < 1.29 is 0 Å². The van der Waals surface area contributed by atoms with Crippen LogP contribution in [0.15, 0.2) is 90.3 Å². The fraction of sp³-hybridized carbons (Fsp3) is 0.100. The van der Waals surface area contributed by atoms with Crippen LogP contribution in [0.5, 0.6) is 0 Å². The maximum Gasteiger partial charge on any atom is 0.0831 e. The minimum Gasteiger partial charge on any atom is -0.265 e. The molecule has 0 saturated carbocycles. The van der Waals surface area contributed by atoms with Crippen LogP contribution >= 0.6 is 0 Å². The van der Waals surface area contributed by atoms with Crippen molar-refractivity contribution in [2.75, 3.05) is 5.01 Å². The zero-order valence-electron chi connectivity index (χ0n) is 12.7. The topological polar surface area (TPSA) is 28.5 Å². The molecule has 0 fully saturated rings. The van der Waals surface area contributed by atoms with Gasteiger partial charge in [-0.3, -0.25) is 9.99 Å². The highest BCUT2D eigenvalue weighted by Gasteiger charge is 2.29. The normalized spacial score (nSPS) is 17.1. The van der Waals surface area contributed by atoms with E-state index >= 15 is 0 Å². The molecule has 3 aromatic rings. The Kier molecular flexibility index (Phi) is 3.60. The molecule has 23 heavy (non-hydrogen) atoms. The number of nitrogens with zero attached hydrogens (tertiary/aromatic N) is 3. The Morgan fingerprint density at radius 3 is 2.13 bits per heavy atom. The molecule has 0 bridgehead atoms. The van der Waals surface area contributed by atoms with E-state index in [0.29, 0.717) is 0 Å². The summed E-state index contributed by atoms with van der Waals surface area (Å²) in [5, 5.41) is 7.04. The summed E-state index contributed by atoms with van der Waals surface area (Å²) in [6.45, 7) is 0. The van der Waals surface area contributed by atoms with E-state index in [9.17, 15) is 0 Å². The summed E-state index contributed by atoms with van der Waals surface area (Å²) >= 11 is 0. The zero-order chi connectivity index (χ0) is 15.5. The Morgan fingerprint density at radius 1 is 0.783 bits per heavy atom. The van der Waals surface area contributed by atoms with Crippen LogP contribution in [-0.2, 0) is 0 Å². The van der Waals surface area contributed by atoms with Gasteiger partial charge in [0, 0.05) is 24.4 Å². The Balaban J connectivity index is 1.75. The molecule has 0 spiro atoms. The summed E-state index contributed by atoms with van der Waals surface area (Å²) < 4.78 is 0. The molecule has 1 aromatic heterocycles. The summed E-state index contributed by atoms with van der Waals surface area (Å²) in [6, 6.07) is 25.2. The number of benzene rings is 2. The number of hydrazone groups is 1. The third kappa shape index (κ3) is 2.73. The fourth-order valence-corrected chi connectivity index (χ4v) is 2.98. The molecule has 4 rings (SSSR count). The predicted octanol–water partition coefficient (Wildman–Crippen LogP) is 4.44. The highest BCUT2D eigenvalue weighted by Crippen LogP contribution is 2.36. The maximum absolute atomic E-state index is 4.91. The Labute approximate surface area is 135 Å². The second-order valence-electron chi connectivity index (χ2n) is 5.59. The van der Waals surface area contributed by atoms with E-state index in [1.54, 1.807) is 0 Å². The first-order chi connectivity index (χ1) is 11.4. The summed E-state index contributed by atoms with van der Waals surface area (Å²) in [6.07, 6.45) is 4.53. The first-order valence-electron chi connectivity index (χ1n) is 7.79. The Bertz CT molecular complexity index is 798. The van der Waals surface area contributed by atoms with E-state index in [2.05, 4.69) is 64.6 Å². The van der Waals surface area contributed by atoms with Gasteiger partial charge in [-0.15, -0.1) is 0 Å². The van der Waals surface area contributed by atoms with Crippen LogP contribution in [0.2, 0.25) is 0 Å². The lowest BCUT2D eigenvalue weighted by Crippen LogP contribution is -2.18. The molecule has 0 aliphatic carbocycles. The lowest BCUT2D eigenvalue weighted by Gasteiger charge is -2.23. The van der Waals surface area contributed by atoms with Gasteiger partial charge in [-0.25, -0.2) is 0 Å². The average Bonchev–Trinajstić information content (AvgIpc) is 3.09. The van der Waals surface area contributed by atoms with Crippen LogP contribution in [0.1, 0.15) is 23.6 Å². The standard InChI is InChI=1S/C20H17N3/c1-3-7-17(8-4-1)20-15-19(16-11-13-21-14-12-16)22-23(20)18-9-5-2-6-10-18/h1-14,20H,15H2/t20-/m0/s1. The second kappa shape index (κ2) is 6.05. The van der Waals surface area contributed by atoms with Gasteiger partial charge in [0.05, 0.1) is 17.4 Å². The summed E-state index contributed by atoms with van der Waals surface area (Å²) in [5.74, 6) is 0. The smallest absolute Gasteiger partial charge is 0.0831 e. The largest absolute Gasteiger partial charge is 0.265 e. The van der Waals surface area contributed by atoms with Gasteiger partial charge in [0.1, 0.15) is 0 Å². The maximum atomic E-state index is 4.91. The SMILES string of the molecule is c1ccc([C@@H]2CC(c3ccncc3)=NN2c2ccccc2)cc1. The van der Waals surface area contributed by atoms with Gasteiger partial charge in [-0.05, 0) is 29.8 Å². The second-order valence-corrected chi connectivity index (χ2v) is 5.59. The van der Waals surface area contributed by atoms with Gasteiger partial charge in [0.2, 0.25) is 0 Å². The van der Waals surface area contributed by atoms with Gasteiger partial charge in [0.15, 0.2) is 0 Å². The van der Waals surface area contributed by atoms with Crippen LogP contribution in [0, 0.1) is 0 Å². The van der Waals surface area contributed by atoms with E-state index in [0.717, 1.165) is 23.4 Å². The van der Waals surface area contributed by atoms with Crippen molar-refractivity contribution in [3.8, 4) is 0 Å². The van der Waals surface area contributed by atoms with E-state index in [-0.39, 0.29) is 6.04 Å². The fourth-order valence-electron chi connectivity index (χ4n) is 2.98. The number of rotatable bonds is 3. The summed E-state index contributed by atoms with van der Waals surface area (Å²) in [7, 11) is 0. The number of aromatic nitrogens is 1. The minimum atomic E-state index is 0.224. The number of para-hydroxylation sites is 1. The molecule has 2 heterocycles. The van der Waals surface area contributed by atoms with Gasteiger partial charge < -0.3 is 0 Å². The van der Waals surface area contributed by atoms with Crippen molar-refractivity contribution in [3.63, 3.8) is 0 Å². The number of anilines is 1. The number of hydrogen-bond donors (Lipinski definition) is 0. The van der Waals surface area contributed by atoms with E-state index < -0.39 is 0 Å². The first-order valence-corrected chi connectivity index (χ1v) is 7.79. The van der Waals surface area contributed by atoms with Crippen molar-refractivity contribution >= 4 is 11.4 Å². The third-order valence-electron chi connectivity index (χ3n) is 4.13. The van der Waals surface area contributed by atoms with Crippen molar-refractivity contribution in [3.05, 3.63) is 96.3 Å². The van der Waals surface area contributed by atoms with Crippen LogP contribution in [-0.4, -0.2) is 10.7 Å². The molecule has 2 aromatic carbocycles. The quantitative estimate of drug-likeness (QED) is 0.715. The summed E-state index contributed by atoms with van der Waals surface area (Å²) in [5.41, 5.74) is 4.64. The number of hydrogen-bond acceptors (Lipinski definition) is 3. The van der Waals surface area contributed by atoms with Crippen molar-refractivity contribution in [1.82, 2.24) is 4.98 Å². The van der Waals surface area contributed by atoms with Crippen LogP contribution in [0.25, 0.3) is 0 Å². The van der Waals surface area contributed by atoms with Crippen molar-refractivity contribution in [2.24, 2.45) is 5.10 Å². The molecule has 3 heteroatoms. The molecule has 0 N–H and O–H groups in total. The lowest BCUT2D eigenvalue weighted by molar-refractivity contribution is 0.709. The first kappa shape index (κ1) is 13.7. The molecule has 0 amide bonds. The molecule has 0 radical (unpaired) electrons. The molecule has 1 atom stereocenters. The molecule has 1 aliphatic heterocycles. The van der Waals surface area contributed by atoms with Gasteiger partial charge in [-0.1, -0.05) is 48.5 Å².